The van der Waals surface area contributed by atoms with E-state index >= 15 is 0 Å². The van der Waals surface area contributed by atoms with Gasteiger partial charge in [-0.2, -0.15) is 18.3 Å². The van der Waals surface area contributed by atoms with Crippen LogP contribution in [0, 0.1) is 18.2 Å². The maximum Gasteiger partial charge on any atom is 0.491 e. The van der Waals surface area contributed by atoms with Gasteiger partial charge in [0.05, 0.1) is 12.3 Å². The first-order valence-corrected chi connectivity index (χ1v) is 14.4. The number of aromatic nitrogens is 3. The average Bonchev–Trinajstić information content (AvgIpc) is 3.38. The number of ether oxygens (including phenoxy) is 2. The Morgan fingerprint density at radius 3 is 2.40 bits per heavy atom. The van der Waals surface area contributed by atoms with E-state index in [-0.39, 0.29) is 47.0 Å². The summed E-state index contributed by atoms with van der Waals surface area (Å²) in [5.74, 6) is -5.60. The number of aryl methyl sites for hydroxylation is 1. The number of Topliss-reactive ketones (excluding diaryl/α,β-unsaturated/α-hetero) is 1. The molecule has 0 unspecified atom stereocenters. The van der Waals surface area contributed by atoms with Crippen molar-refractivity contribution in [2.75, 3.05) is 13.2 Å². The monoisotopic (exact) mass is 634 g/mol. The summed E-state index contributed by atoms with van der Waals surface area (Å²) in [4.78, 5) is 45.4. The van der Waals surface area contributed by atoms with Gasteiger partial charge in [0, 0.05) is 29.7 Å². The van der Waals surface area contributed by atoms with Crippen molar-refractivity contribution in [3.05, 3.63) is 64.4 Å². The van der Waals surface area contributed by atoms with E-state index in [9.17, 15) is 37.1 Å². The Balaban J connectivity index is 1.80. The zero-order valence-corrected chi connectivity index (χ0v) is 25.3. The lowest BCUT2D eigenvalue weighted by Gasteiger charge is -2.35. The van der Waals surface area contributed by atoms with Crippen molar-refractivity contribution in [3.63, 3.8) is 0 Å². The van der Waals surface area contributed by atoms with Crippen LogP contribution in [-0.4, -0.2) is 62.7 Å². The molecule has 1 atom stereocenters. The molecular weight excluding hydrogens is 600 g/mol. The van der Waals surface area contributed by atoms with Crippen molar-refractivity contribution >= 4 is 29.3 Å². The van der Waals surface area contributed by atoms with Crippen LogP contribution in [0.3, 0.4) is 0 Å². The predicted octanol–water partition coefficient (Wildman–Crippen LogP) is 5.12. The number of hydrogen-bond donors (Lipinski definition) is 1. The van der Waals surface area contributed by atoms with Gasteiger partial charge in [-0.3, -0.25) is 4.79 Å². The van der Waals surface area contributed by atoms with E-state index in [0.717, 1.165) is 25.0 Å². The number of aliphatic hydroxyl groups is 1. The number of halogens is 4. The topological polar surface area (TPSA) is 132 Å². The lowest BCUT2D eigenvalue weighted by Crippen LogP contribution is -2.29. The van der Waals surface area contributed by atoms with Crippen LogP contribution in [0.5, 0.6) is 0 Å². The highest BCUT2D eigenvalue weighted by molar-refractivity contribution is 6.02. The number of aliphatic imine (C=N–C) groups is 1. The zero-order chi connectivity index (χ0) is 33.1. The van der Waals surface area contributed by atoms with Crippen molar-refractivity contribution < 1.29 is 46.5 Å². The summed E-state index contributed by atoms with van der Waals surface area (Å²) in [6.07, 6.45) is -4.33. The molecule has 45 heavy (non-hydrogen) atoms. The van der Waals surface area contributed by atoms with Crippen LogP contribution in [0.4, 0.5) is 17.6 Å². The standard InChI is InChI=1S/C31H34F4N4O6/c1-5-44-28(42)26(41)24-17(2)37-23-15-22(38-39(23)25(24)19-10-12-30(3,4)13-11-19)27(45-29(43)31(33,34)35)36-16-21(40)14-18-6-8-20(32)9-7-18/h6-9,15,19,26,41H,5,10-14,16H2,1-4H3/t26-/m0/s1. The van der Waals surface area contributed by atoms with E-state index in [0.29, 0.717) is 24.1 Å². The van der Waals surface area contributed by atoms with Crippen LogP contribution in [0.1, 0.15) is 86.7 Å². The van der Waals surface area contributed by atoms with E-state index < -0.39 is 48.3 Å². The van der Waals surface area contributed by atoms with Crippen LogP contribution in [0.2, 0.25) is 0 Å². The van der Waals surface area contributed by atoms with Gasteiger partial charge in [0.15, 0.2) is 17.5 Å². The molecule has 1 fully saturated rings. The fraction of sp³-hybridized carbons (Fsp3) is 0.484. The van der Waals surface area contributed by atoms with Crippen LogP contribution in [-0.2, 0) is 30.3 Å². The molecule has 2 aromatic heterocycles. The first-order chi connectivity index (χ1) is 21.1. The summed E-state index contributed by atoms with van der Waals surface area (Å²) >= 11 is 0. The highest BCUT2D eigenvalue weighted by atomic mass is 19.4. The Bertz CT molecular complexity index is 1600. The SMILES string of the molecule is CCOC(=O)[C@@H](O)c1c(C)nc2cc(C(=NCC(=O)Cc3ccc(F)cc3)OC(=O)C(F)(F)F)nn2c1C1CCC(C)(C)CC1. The molecule has 0 saturated heterocycles. The second kappa shape index (κ2) is 13.4. The molecule has 1 saturated carbocycles. The summed E-state index contributed by atoms with van der Waals surface area (Å²) in [6, 6.07) is 6.33. The largest absolute Gasteiger partial charge is 0.491 e. The van der Waals surface area contributed by atoms with Gasteiger partial charge in [-0.1, -0.05) is 26.0 Å². The number of ketones is 1. The van der Waals surface area contributed by atoms with Crippen LogP contribution in [0.25, 0.3) is 5.65 Å². The quantitative estimate of drug-likeness (QED) is 0.149. The molecule has 0 spiro atoms. The maximum absolute atomic E-state index is 13.2. The van der Waals surface area contributed by atoms with Gasteiger partial charge < -0.3 is 14.6 Å². The first kappa shape index (κ1) is 33.7. The third-order valence-corrected chi connectivity index (χ3v) is 7.73. The summed E-state index contributed by atoms with van der Waals surface area (Å²) < 4.78 is 63.8. The predicted molar refractivity (Wildman–Crippen MR) is 153 cm³/mol. The van der Waals surface area contributed by atoms with Crippen LogP contribution >= 0.6 is 0 Å². The van der Waals surface area contributed by atoms with E-state index in [4.69, 9.17) is 4.74 Å². The van der Waals surface area contributed by atoms with E-state index in [1.165, 1.54) is 22.7 Å². The number of fused-ring (bicyclic) bond motifs is 1. The Kier molecular flexibility index (Phi) is 10.1. The Morgan fingerprint density at radius 2 is 1.80 bits per heavy atom. The number of nitrogens with zero attached hydrogens (tertiary/aromatic N) is 4. The smallest absolute Gasteiger partial charge is 0.464 e. The van der Waals surface area contributed by atoms with Gasteiger partial charge in [0.1, 0.15) is 18.1 Å². The lowest BCUT2D eigenvalue weighted by molar-refractivity contribution is -0.191. The summed E-state index contributed by atoms with van der Waals surface area (Å²) in [7, 11) is 0. The van der Waals surface area contributed by atoms with E-state index in [1.807, 2.05) is 0 Å². The van der Waals surface area contributed by atoms with Crippen molar-refractivity contribution in [1.29, 1.82) is 0 Å². The maximum atomic E-state index is 13.2. The first-order valence-electron chi connectivity index (χ1n) is 14.4. The number of rotatable bonds is 9. The number of carbonyl (C=O) groups excluding carboxylic acids is 3. The Labute approximate surface area is 256 Å². The van der Waals surface area contributed by atoms with E-state index in [1.54, 1.807) is 13.8 Å². The number of benzene rings is 1. The second-order valence-electron chi connectivity index (χ2n) is 11.7. The Morgan fingerprint density at radius 1 is 1.16 bits per heavy atom. The highest BCUT2D eigenvalue weighted by Gasteiger charge is 2.43. The normalized spacial score (nSPS) is 16.4. The van der Waals surface area contributed by atoms with Crippen molar-refractivity contribution in [3.8, 4) is 0 Å². The third-order valence-electron chi connectivity index (χ3n) is 7.73. The van der Waals surface area contributed by atoms with Gasteiger partial charge in [0.25, 0.3) is 0 Å². The molecule has 1 aliphatic carbocycles. The summed E-state index contributed by atoms with van der Waals surface area (Å²) in [6.45, 7) is 6.78. The van der Waals surface area contributed by atoms with Crippen LogP contribution < -0.4 is 0 Å². The van der Waals surface area contributed by atoms with Crippen molar-refractivity contribution in [1.82, 2.24) is 14.6 Å². The number of esters is 2. The molecule has 1 aliphatic rings. The molecule has 2 heterocycles. The van der Waals surface area contributed by atoms with Crippen molar-refractivity contribution in [2.24, 2.45) is 10.4 Å². The molecule has 0 radical (unpaired) electrons. The fourth-order valence-corrected chi connectivity index (χ4v) is 5.36. The zero-order valence-electron chi connectivity index (χ0n) is 25.3. The number of alkyl halides is 3. The average molecular weight is 635 g/mol. The summed E-state index contributed by atoms with van der Waals surface area (Å²) in [5.41, 5.74) is 1.18. The minimum absolute atomic E-state index is 0.0216. The minimum Gasteiger partial charge on any atom is -0.464 e. The molecule has 3 aromatic rings. The molecule has 4 rings (SSSR count). The number of aliphatic hydroxyl groups excluding tert-OH is 1. The molecule has 10 nitrogen and oxygen atoms in total. The highest BCUT2D eigenvalue weighted by Crippen LogP contribution is 2.44. The molecule has 0 amide bonds. The van der Waals surface area contributed by atoms with Crippen LogP contribution in [0.15, 0.2) is 35.3 Å². The molecule has 1 aromatic carbocycles. The van der Waals surface area contributed by atoms with Gasteiger partial charge >= 0.3 is 18.1 Å². The second-order valence-corrected chi connectivity index (χ2v) is 11.7. The van der Waals surface area contributed by atoms with Gasteiger partial charge in [-0.25, -0.2) is 28.5 Å². The molecule has 14 heteroatoms. The lowest BCUT2D eigenvalue weighted by atomic mass is 9.71. The van der Waals surface area contributed by atoms with E-state index in [2.05, 4.69) is 33.7 Å². The molecule has 0 aliphatic heterocycles. The third kappa shape index (κ3) is 8.10. The number of hydrogen-bond acceptors (Lipinski definition) is 9. The fourth-order valence-electron chi connectivity index (χ4n) is 5.36. The molecular formula is C31H34F4N4O6. The summed E-state index contributed by atoms with van der Waals surface area (Å²) in [5, 5.41) is 15.4. The van der Waals surface area contributed by atoms with Gasteiger partial charge in [-0.15, -0.1) is 0 Å². The van der Waals surface area contributed by atoms with Gasteiger partial charge in [0.2, 0.25) is 5.90 Å². The van der Waals surface area contributed by atoms with Crippen molar-refractivity contribution in [2.45, 2.75) is 78.0 Å². The van der Waals surface area contributed by atoms with Gasteiger partial charge in [-0.05, 0) is 62.6 Å². The Hall–Kier alpha value is -4.20. The molecule has 0 bridgehead atoms. The molecule has 1 N–H and O–H groups in total. The minimum atomic E-state index is -5.37. The molecule has 242 valence electrons. The number of carbonyl (C=O) groups is 3.